The van der Waals surface area contributed by atoms with Gasteiger partial charge in [-0.15, -0.1) is 11.3 Å². The molecule has 1 aliphatic heterocycles. The summed E-state index contributed by atoms with van der Waals surface area (Å²) in [5.74, 6) is 0.406. The number of hydrogen-bond acceptors (Lipinski definition) is 4. The van der Waals surface area contributed by atoms with Crippen LogP contribution < -0.4 is 0 Å². The molecule has 2 heterocycles. The van der Waals surface area contributed by atoms with E-state index in [1.807, 2.05) is 0 Å². The highest BCUT2D eigenvalue weighted by atomic mass is 79.9. The zero-order valence-corrected chi connectivity index (χ0v) is 13.3. The summed E-state index contributed by atoms with van der Waals surface area (Å²) in [5.41, 5.74) is 0. The number of nitrogens with zero attached hydrogens (tertiary/aromatic N) is 1. The van der Waals surface area contributed by atoms with Crippen LogP contribution >= 0.6 is 27.3 Å². The minimum absolute atomic E-state index is 0.130. The molecule has 1 unspecified atom stereocenters. The first-order valence-electron chi connectivity index (χ1n) is 5.84. The Bertz CT molecular complexity index is 526. The number of aliphatic hydroxyl groups is 1. The lowest BCUT2D eigenvalue weighted by Gasteiger charge is -2.29. The molecule has 2 rings (SSSR count). The zero-order valence-electron chi connectivity index (χ0n) is 10.1. The van der Waals surface area contributed by atoms with Crippen LogP contribution in [0, 0.1) is 5.92 Å². The fourth-order valence-corrected chi connectivity index (χ4v) is 6.25. The van der Waals surface area contributed by atoms with Crippen molar-refractivity contribution in [2.24, 2.45) is 5.92 Å². The van der Waals surface area contributed by atoms with Crippen LogP contribution in [0.2, 0.25) is 0 Å². The Hall–Kier alpha value is 0.0500. The van der Waals surface area contributed by atoms with Crippen LogP contribution in [0.5, 0.6) is 0 Å². The van der Waals surface area contributed by atoms with Gasteiger partial charge in [-0.05, 0) is 40.8 Å². The Morgan fingerprint density at radius 1 is 1.61 bits per heavy atom. The lowest BCUT2D eigenvalue weighted by Crippen LogP contribution is -2.39. The molecule has 0 radical (unpaired) electrons. The van der Waals surface area contributed by atoms with E-state index in [0.717, 1.165) is 12.8 Å². The van der Waals surface area contributed by atoms with Gasteiger partial charge in [-0.2, -0.15) is 4.31 Å². The van der Waals surface area contributed by atoms with Crippen molar-refractivity contribution in [1.29, 1.82) is 0 Å². The summed E-state index contributed by atoms with van der Waals surface area (Å²) in [7, 11) is -3.43. The number of aliphatic hydroxyl groups excluding tert-OH is 1. The Balaban J connectivity index is 2.32. The number of halogens is 1. The highest BCUT2D eigenvalue weighted by Crippen LogP contribution is 2.34. The summed E-state index contributed by atoms with van der Waals surface area (Å²) < 4.78 is 27.1. The van der Waals surface area contributed by atoms with Crippen LogP contribution in [0.25, 0.3) is 0 Å². The molecule has 102 valence electrons. The fraction of sp³-hybridized carbons (Fsp3) is 0.636. The molecule has 1 saturated heterocycles. The van der Waals surface area contributed by atoms with Gasteiger partial charge in [0.1, 0.15) is 4.90 Å². The fourth-order valence-electron chi connectivity index (χ4n) is 2.16. The van der Waals surface area contributed by atoms with Crippen LogP contribution in [0.4, 0.5) is 0 Å². The average molecular weight is 354 g/mol. The highest BCUT2D eigenvalue weighted by molar-refractivity contribution is 9.11. The smallest absolute Gasteiger partial charge is 0.245 e. The summed E-state index contributed by atoms with van der Waals surface area (Å²) in [4.78, 5) is 0.941. The van der Waals surface area contributed by atoms with Gasteiger partial charge in [0, 0.05) is 18.0 Å². The van der Waals surface area contributed by atoms with Crippen LogP contribution in [-0.2, 0) is 16.6 Å². The lowest BCUT2D eigenvalue weighted by atomic mass is 10.0. The van der Waals surface area contributed by atoms with E-state index in [1.54, 1.807) is 10.4 Å². The van der Waals surface area contributed by atoms with Crippen molar-refractivity contribution in [3.63, 3.8) is 0 Å². The first kappa shape index (κ1) is 14.5. The van der Waals surface area contributed by atoms with E-state index in [2.05, 4.69) is 22.9 Å². The van der Waals surface area contributed by atoms with Gasteiger partial charge in [0.05, 0.1) is 10.4 Å². The van der Waals surface area contributed by atoms with Gasteiger partial charge < -0.3 is 5.11 Å². The van der Waals surface area contributed by atoms with E-state index in [0.29, 0.717) is 27.7 Å². The monoisotopic (exact) mass is 353 g/mol. The lowest BCUT2D eigenvalue weighted by molar-refractivity contribution is 0.280. The first-order valence-corrected chi connectivity index (χ1v) is 8.89. The number of hydrogen-bond donors (Lipinski definition) is 1. The van der Waals surface area contributed by atoms with Gasteiger partial charge in [0.2, 0.25) is 10.0 Å². The topological polar surface area (TPSA) is 57.6 Å². The minimum atomic E-state index is -3.43. The van der Waals surface area contributed by atoms with E-state index >= 15 is 0 Å². The third-order valence-electron chi connectivity index (χ3n) is 3.10. The predicted molar refractivity (Wildman–Crippen MR) is 75.1 cm³/mol. The van der Waals surface area contributed by atoms with Crippen LogP contribution in [-0.4, -0.2) is 30.9 Å². The summed E-state index contributed by atoms with van der Waals surface area (Å²) in [6, 6.07) is 1.56. The molecule has 1 fully saturated rings. The van der Waals surface area contributed by atoms with Gasteiger partial charge >= 0.3 is 0 Å². The Kier molecular flexibility index (Phi) is 4.48. The van der Waals surface area contributed by atoms with Crippen molar-refractivity contribution in [1.82, 2.24) is 4.31 Å². The molecule has 1 atom stereocenters. The van der Waals surface area contributed by atoms with E-state index in [9.17, 15) is 8.42 Å². The van der Waals surface area contributed by atoms with Crippen LogP contribution in [0.3, 0.4) is 0 Å². The number of thiophene rings is 1. The molecule has 18 heavy (non-hydrogen) atoms. The summed E-state index contributed by atoms with van der Waals surface area (Å²) in [6.07, 6.45) is 1.99. The summed E-state index contributed by atoms with van der Waals surface area (Å²) >= 11 is 4.54. The molecule has 1 aliphatic rings. The molecule has 4 nitrogen and oxygen atoms in total. The molecule has 0 aromatic carbocycles. The molecule has 0 spiro atoms. The second-order valence-corrected chi connectivity index (χ2v) is 8.98. The Morgan fingerprint density at radius 2 is 2.33 bits per heavy atom. The molecule has 0 aliphatic carbocycles. The normalized spacial score (nSPS) is 22.3. The largest absolute Gasteiger partial charge is 0.391 e. The van der Waals surface area contributed by atoms with E-state index in [-0.39, 0.29) is 11.5 Å². The molecule has 1 aromatic heterocycles. The molecule has 0 amide bonds. The molecule has 0 saturated carbocycles. The third kappa shape index (κ3) is 2.80. The van der Waals surface area contributed by atoms with Gasteiger partial charge in [-0.25, -0.2) is 8.42 Å². The van der Waals surface area contributed by atoms with Crippen LogP contribution in [0.15, 0.2) is 14.7 Å². The second kappa shape index (κ2) is 5.58. The predicted octanol–water partition coefficient (Wildman–Crippen LogP) is 2.42. The highest BCUT2D eigenvalue weighted by Gasteiger charge is 2.31. The van der Waals surface area contributed by atoms with Gasteiger partial charge in [-0.1, -0.05) is 6.92 Å². The quantitative estimate of drug-likeness (QED) is 0.907. The van der Waals surface area contributed by atoms with Crippen molar-refractivity contribution in [3.8, 4) is 0 Å². The third-order valence-corrected chi connectivity index (χ3v) is 7.20. The van der Waals surface area contributed by atoms with Gasteiger partial charge in [0.25, 0.3) is 0 Å². The van der Waals surface area contributed by atoms with Crippen molar-refractivity contribution in [2.45, 2.75) is 31.3 Å². The average Bonchev–Trinajstić information content (AvgIpc) is 2.71. The van der Waals surface area contributed by atoms with Crippen molar-refractivity contribution in [3.05, 3.63) is 14.7 Å². The van der Waals surface area contributed by atoms with E-state index < -0.39 is 10.0 Å². The standard InChI is InChI=1S/C11H16BrNO3S2/c1-8-3-2-4-13(6-8)18(15,16)10-5-9(7-14)17-11(10)12/h5,8,14H,2-4,6-7H2,1H3. The number of rotatable bonds is 3. The van der Waals surface area contributed by atoms with Gasteiger partial charge in [0.15, 0.2) is 0 Å². The van der Waals surface area contributed by atoms with E-state index in [4.69, 9.17) is 5.11 Å². The Labute approximate surface area is 120 Å². The summed E-state index contributed by atoms with van der Waals surface area (Å²) in [6.45, 7) is 3.11. The molecule has 1 N–H and O–H groups in total. The molecular weight excluding hydrogens is 338 g/mol. The summed E-state index contributed by atoms with van der Waals surface area (Å²) in [5, 5.41) is 9.07. The van der Waals surface area contributed by atoms with Crippen molar-refractivity contribution < 1.29 is 13.5 Å². The first-order chi connectivity index (χ1) is 8.45. The molecule has 1 aromatic rings. The number of piperidine rings is 1. The zero-order chi connectivity index (χ0) is 13.3. The molecular formula is C11H16BrNO3S2. The second-order valence-electron chi connectivity index (χ2n) is 4.62. The Morgan fingerprint density at radius 3 is 2.89 bits per heavy atom. The maximum absolute atomic E-state index is 12.5. The van der Waals surface area contributed by atoms with Gasteiger partial charge in [-0.3, -0.25) is 0 Å². The van der Waals surface area contributed by atoms with Crippen molar-refractivity contribution in [2.75, 3.05) is 13.1 Å². The SMILES string of the molecule is CC1CCCN(S(=O)(=O)c2cc(CO)sc2Br)C1. The molecule has 7 heteroatoms. The maximum atomic E-state index is 12.5. The molecule has 0 bridgehead atoms. The van der Waals surface area contributed by atoms with Crippen molar-refractivity contribution >= 4 is 37.3 Å². The van der Waals surface area contributed by atoms with Crippen LogP contribution in [0.1, 0.15) is 24.6 Å². The minimum Gasteiger partial charge on any atom is -0.391 e. The number of sulfonamides is 1. The maximum Gasteiger partial charge on any atom is 0.245 e. The van der Waals surface area contributed by atoms with E-state index in [1.165, 1.54) is 11.3 Å².